The second-order valence-electron chi connectivity index (χ2n) is 13.9. The second kappa shape index (κ2) is 20.1. The number of rotatable bonds is 22. The van der Waals surface area contributed by atoms with E-state index in [0.29, 0.717) is 74.3 Å². The molecule has 1 aliphatic heterocycles. The van der Waals surface area contributed by atoms with Gasteiger partial charge in [0.05, 0.1) is 6.42 Å². The lowest BCUT2D eigenvalue weighted by Crippen LogP contribution is -2.45. The third-order valence-electron chi connectivity index (χ3n) is 9.67. The van der Waals surface area contributed by atoms with Crippen molar-refractivity contribution in [2.75, 3.05) is 25.0 Å². The van der Waals surface area contributed by atoms with Gasteiger partial charge in [-0.1, -0.05) is 62.7 Å². The van der Waals surface area contributed by atoms with Gasteiger partial charge in [-0.15, -0.1) is 0 Å². The van der Waals surface area contributed by atoms with Crippen molar-refractivity contribution in [2.45, 2.75) is 90.9 Å². The van der Waals surface area contributed by atoms with Gasteiger partial charge in [0.2, 0.25) is 11.8 Å². The quantitative estimate of drug-likeness (QED) is 0.0677. The zero-order chi connectivity index (χ0) is 40.9. The Morgan fingerprint density at radius 1 is 0.789 bits per heavy atom. The molecule has 57 heavy (non-hydrogen) atoms. The number of carbonyl (C=O) groups is 5. The number of likely N-dealkylation sites (N-methyl/N-ethyl adjacent to an activating group) is 1. The minimum atomic E-state index is -1.32. The highest BCUT2D eigenvalue weighted by Gasteiger charge is 2.25. The van der Waals surface area contributed by atoms with Gasteiger partial charge in [-0.2, -0.15) is 0 Å². The first-order valence-corrected chi connectivity index (χ1v) is 19.4. The van der Waals surface area contributed by atoms with Crippen molar-refractivity contribution in [1.82, 2.24) is 34.2 Å². The Morgan fingerprint density at radius 3 is 2.18 bits per heavy atom. The van der Waals surface area contributed by atoms with Crippen molar-refractivity contribution in [3.05, 3.63) is 105 Å². The summed E-state index contributed by atoms with van der Waals surface area (Å²) >= 11 is 0. The highest BCUT2D eigenvalue weighted by molar-refractivity contribution is 6.12. The number of hydrogen-bond acceptors (Lipinski definition) is 9. The van der Waals surface area contributed by atoms with E-state index in [9.17, 15) is 38.7 Å². The third-order valence-corrected chi connectivity index (χ3v) is 9.67. The van der Waals surface area contributed by atoms with Crippen LogP contribution in [0.15, 0.2) is 76.3 Å². The first-order chi connectivity index (χ1) is 27.5. The van der Waals surface area contributed by atoms with Gasteiger partial charge in [0, 0.05) is 63.4 Å². The molecule has 0 saturated carbocycles. The van der Waals surface area contributed by atoms with Crippen molar-refractivity contribution >= 4 is 46.4 Å². The molecule has 1 unspecified atom stereocenters. The molecule has 16 nitrogen and oxygen atoms in total. The molecule has 4 N–H and O–H groups in total. The van der Waals surface area contributed by atoms with E-state index in [1.54, 1.807) is 28.8 Å². The number of nitrogens with zero attached hydrogens (tertiary/aromatic N) is 5. The number of carboxylic acids is 1. The highest BCUT2D eigenvalue weighted by atomic mass is 16.4. The number of carbonyl (C=O) groups excluding carboxylic acids is 4. The molecular formula is C41H50N8O8. The average Bonchev–Trinajstić information content (AvgIpc) is 3.71. The van der Waals surface area contributed by atoms with Crippen molar-refractivity contribution in [3.8, 4) is 0 Å². The number of carboxylic acid groups (broad SMARTS) is 1. The molecular weight excluding hydrogens is 732 g/mol. The predicted octanol–water partition coefficient (Wildman–Crippen LogP) is 2.60. The number of aryl methyl sites for hydroxylation is 2. The number of aromatic nitrogens is 4. The number of hydrogen-bond donors (Lipinski definition) is 4. The standard InChI is InChI=1S/C41H50N8O8/c1-3-22-49-40(56)37-38(45-32(46(37)25-21-42-4-2)26-29-11-7-5-8-12-29)48(41(49)57)24-20-28-14-16-30(17-15-28)43-39(55)31(27-36(53)54)44-33(50)13-9-6-10-23-47-34(51)18-19-35(47)52/h5,7-8,11-12,14-19,31,42H,3-4,6,9-10,13,20-27H2,1-2H3,(H,43,55)(H,44,50)(H,53,54). The molecule has 0 spiro atoms. The van der Waals surface area contributed by atoms with E-state index in [1.807, 2.05) is 48.7 Å². The van der Waals surface area contributed by atoms with Gasteiger partial charge >= 0.3 is 11.7 Å². The van der Waals surface area contributed by atoms with E-state index in [0.717, 1.165) is 22.6 Å². The van der Waals surface area contributed by atoms with E-state index in [1.165, 1.54) is 16.7 Å². The van der Waals surface area contributed by atoms with Crippen LogP contribution in [0.2, 0.25) is 0 Å². The largest absolute Gasteiger partial charge is 0.481 e. The molecule has 0 aliphatic carbocycles. The zero-order valence-electron chi connectivity index (χ0n) is 32.4. The lowest BCUT2D eigenvalue weighted by Gasteiger charge is -2.17. The number of anilines is 1. The Kier molecular flexibility index (Phi) is 14.8. The maximum absolute atomic E-state index is 13.9. The average molecular weight is 783 g/mol. The van der Waals surface area contributed by atoms with Crippen LogP contribution >= 0.6 is 0 Å². The monoisotopic (exact) mass is 782 g/mol. The molecule has 302 valence electrons. The van der Waals surface area contributed by atoms with Gasteiger partial charge in [0.25, 0.3) is 17.4 Å². The second-order valence-corrected chi connectivity index (χ2v) is 13.9. The summed E-state index contributed by atoms with van der Waals surface area (Å²) in [5.41, 5.74) is 2.18. The van der Waals surface area contributed by atoms with Gasteiger partial charge in [0.15, 0.2) is 11.2 Å². The molecule has 1 atom stereocenters. The number of imide groups is 1. The van der Waals surface area contributed by atoms with Gasteiger partial charge in [0.1, 0.15) is 11.9 Å². The fourth-order valence-electron chi connectivity index (χ4n) is 6.74. The van der Waals surface area contributed by atoms with Crippen LogP contribution in [-0.2, 0) is 56.4 Å². The van der Waals surface area contributed by atoms with Crippen LogP contribution in [-0.4, -0.2) is 84.0 Å². The minimum absolute atomic E-state index is 0.0360. The molecule has 3 heterocycles. The molecule has 4 aromatic rings. The van der Waals surface area contributed by atoms with Crippen LogP contribution in [0.4, 0.5) is 5.69 Å². The SMILES string of the molecule is CCCn1c(=O)c2c(nc(Cc3ccccc3)n2CCNCC)n(CCc2ccc(NC(=O)C(CC(=O)O)NC(=O)CCCCCN3C(=O)C=CC3=O)cc2)c1=O. The first kappa shape index (κ1) is 42.0. The van der Waals surface area contributed by atoms with Gasteiger partial charge in [-0.05, 0) is 55.5 Å². The van der Waals surface area contributed by atoms with Crippen LogP contribution in [0, 0.1) is 0 Å². The Morgan fingerprint density at radius 2 is 1.51 bits per heavy atom. The Hall–Kier alpha value is -6.16. The first-order valence-electron chi connectivity index (χ1n) is 19.4. The summed E-state index contributed by atoms with van der Waals surface area (Å²) in [5, 5.41) is 17.9. The zero-order valence-corrected chi connectivity index (χ0v) is 32.4. The Bertz CT molecular complexity index is 2210. The van der Waals surface area contributed by atoms with E-state index in [-0.39, 0.29) is 43.4 Å². The lowest BCUT2D eigenvalue weighted by molar-refractivity contribution is -0.140. The van der Waals surface area contributed by atoms with Crippen molar-refractivity contribution in [3.63, 3.8) is 0 Å². The third kappa shape index (κ3) is 11.0. The fraction of sp³-hybridized carbons (Fsp3) is 0.415. The number of aliphatic carboxylic acids is 1. The summed E-state index contributed by atoms with van der Waals surface area (Å²) in [6.45, 7) is 6.55. The summed E-state index contributed by atoms with van der Waals surface area (Å²) in [4.78, 5) is 94.4. The molecule has 2 aromatic heterocycles. The predicted molar refractivity (Wildman–Crippen MR) is 214 cm³/mol. The summed E-state index contributed by atoms with van der Waals surface area (Å²) in [7, 11) is 0. The summed E-state index contributed by atoms with van der Waals surface area (Å²) in [6.07, 6.45) is 4.80. The van der Waals surface area contributed by atoms with E-state index in [4.69, 9.17) is 4.98 Å². The van der Waals surface area contributed by atoms with Crippen molar-refractivity contribution in [2.24, 2.45) is 0 Å². The number of unbranched alkanes of at least 4 members (excludes halogenated alkanes) is 2. The maximum atomic E-state index is 13.9. The van der Waals surface area contributed by atoms with E-state index in [2.05, 4.69) is 16.0 Å². The van der Waals surface area contributed by atoms with Crippen LogP contribution in [0.1, 0.15) is 69.3 Å². The van der Waals surface area contributed by atoms with Gasteiger partial charge in [-0.25, -0.2) is 9.78 Å². The molecule has 0 fully saturated rings. The molecule has 5 rings (SSSR count). The molecule has 2 aromatic carbocycles. The maximum Gasteiger partial charge on any atom is 0.332 e. The molecule has 1 aliphatic rings. The number of nitrogens with one attached hydrogen (secondary N) is 3. The normalized spacial score (nSPS) is 13.1. The smallest absolute Gasteiger partial charge is 0.332 e. The van der Waals surface area contributed by atoms with E-state index < -0.39 is 35.9 Å². The van der Waals surface area contributed by atoms with Crippen LogP contribution in [0.3, 0.4) is 0 Å². The fourth-order valence-corrected chi connectivity index (χ4v) is 6.74. The molecule has 4 amide bonds. The number of fused-ring (bicyclic) bond motifs is 1. The summed E-state index contributed by atoms with van der Waals surface area (Å²) < 4.78 is 4.77. The molecule has 0 radical (unpaired) electrons. The van der Waals surface area contributed by atoms with Crippen LogP contribution < -0.4 is 27.2 Å². The molecule has 0 bridgehead atoms. The topological polar surface area (TPSA) is 207 Å². The summed E-state index contributed by atoms with van der Waals surface area (Å²) in [6, 6.07) is 15.4. The van der Waals surface area contributed by atoms with Crippen LogP contribution in [0.25, 0.3) is 11.2 Å². The Labute approximate surface area is 329 Å². The number of imidazole rings is 1. The molecule has 16 heteroatoms. The molecule has 0 saturated heterocycles. The van der Waals surface area contributed by atoms with Gasteiger partial charge in [-0.3, -0.25) is 42.8 Å². The van der Waals surface area contributed by atoms with Crippen LogP contribution in [0.5, 0.6) is 0 Å². The number of amides is 4. The lowest BCUT2D eigenvalue weighted by atomic mass is 10.1. The Balaban J connectivity index is 1.25. The highest BCUT2D eigenvalue weighted by Crippen LogP contribution is 2.18. The summed E-state index contributed by atoms with van der Waals surface area (Å²) in [5.74, 6) is -2.49. The van der Waals surface area contributed by atoms with Crippen molar-refractivity contribution < 1.29 is 29.1 Å². The minimum Gasteiger partial charge on any atom is -0.481 e. The van der Waals surface area contributed by atoms with Gasteiger partial charge < -0.3 is 25.6 Å². The number of benzene rings is 2. The van der Waals surface area contributed by atoms with Crippen molar-refractivity contribution in [1.29, 1.82) is 0 Å². The van der Waals surface area contributed by atoms with E-state index >= 15 is 0 Å².